The van der Waals surface area contributed by atoms with Crippen LogP contribution in [0.3, 0.4) is 0 Å². The molecule has 2 aromatic carbocycles. The summed E-state index contributed by atoms with van der Waals surface area (Å²) in [6.07, 6.45) is 0. The Hall–Kier alpha value is -3.09. The molecule has 0 saturated carbocycles. The molecule has 1 aliphatic rings. The average Bonchev–Trinajstić information content (AvgIpc) is 2.65. The van der Waals surface area contributed by atoms with Crippen LogP contribution in [0.1, 0.15) is 17.3 Å². The van der Waals surface area contributed by atoms with Crippen molar-refractivity contribution >= 4 is 17.5 Å². The zero-order chi connectivity index (χ0) is 18.5. The molecule has 0 unspecified atom stereocenters. The van der Waals surface area contributed by atoms with Crippen molar-refractivity contribution in [2.24, 2.45) is 0 Å². The number of benzene rings is 2. The highest BCUT2D eigenvalue weighted by molar-refractivity contribution is 5.99. The Kier molecular flexibility index (Phi) is 5.36. The van der Waals surface area contributed by atoms with Gasteiger partial charge in [-0.1, -0.05) is 6.07 Å². The van der Waals surface area contributed by atoms with E-state index in [0.717, 1.165) is 6.07 Å². The van der Waals surface area contributed by atoms with Crippen LogP contribution in [0.2, 0.25) is 0 Å². The van der Waals surface area contributed by atoms with Crippen LogP contribution in [0.15, 0.2) is 42.5 Å². The molecule has 26 heavy (non-hydrogen) atoms. The Morgan fingerprint density at radius 3 is 2.62 bits per heavy atom. The molecule has 1 heterocycles. The van der Waals surface area contributed by atoms with Gasteiger partial charge in [-0.3, -0.25) is 9.59 Å². The number of ether oxygens (including phenoxy) is 2. The number of halogens is 1. The molecule has 0 bridgehead atoms. The van der Waals surface area contributed by atoms with E-state index in [-0.39, 0.29) is 18.0 Å². The van der Waals surface area contributed by atoms with Gasteiger partial charge in [0, 0.05) is 23.9 Å². The zero-order valence-corrected chi connectivity index (χ0v) is 14.3. The smallest absolute Gasteiger partial charge is 0.254 e. The SMILES string of the molecule is CCN(CC(=O)Nc1ccc2c(c1)OCCO2)C(=O)c1cccc(F)c1. The summed E-state index contributed by atoms with van der Waals surface area (Å²) in [4.78, 5) is 26.1. The molecule has 0 spiro atoms. The van der Waals surface area contributed by atoms with Gasteiger partial charge < -0.3 is 19.7 Å². The summed E-state index contributed by atoms with van der Waals surface area (Å²) >= 11 is 0. The van der Waals surface area contributed by atoms with E-state index >= 15 is 0 Å². The minimum Gasteiger partial charge on any atom is -0.486 e. The third-order valence-corrected chi connectivity index (χ3v) is 3.90. The third-order valence-electron chi connectivity index (χ3n) is 3.90. The molecule has 1 N–H and O–H groups in total. The van der Waals surface area contributed by atoms with E-state index in [1.807, 2.05) is 0 Å². The van der Waals surface area contributed by atoms with Crippen LogP contribution in [0.4, 0.5) is 10.1 Å². The molecule has 0 aromatic heterocycles. The lowest BCUT2D eigenvalue weighted by Crippen LogP contribution is -2.37. The van der Waals surface area contributed by atoms with Crippen LogP contribution < -0.4 is 14.8 Å². The van der Waals surface area contributed by atoms with Gasteiger partial charge in [-0.05, 0) is 37.3 Å². The molecule has 0 atom stereocenters. The maximum atomic E-state index is 13.3. The van der Waals surface area contributed by atoms with Crippen LogP contribution in [-0.2, 0) is 4.79 Å². The number of carbonyl (C=O) groups excluding carboxylic acids is 2. The summed E-state index contributed by atoms with van der Waals surface area (Å²) in [6.45, 7) is 2.89. The summed E-state index contributed by atoms with van der Waals surface area (Å²) < 4.78 is 24.2. The van der Waals surface area contributed by atoms with E-state index in [2.05, 4.69) is 5.32 Å². The third kappa shape index (κ3) is 4.11. The molecule has 0 aliphatic carbocycles. The fourth-order valence-electron chi connectivity index (χ4n) is 2.63. The van der Waals surface area contributed by atoms with E-state index in [1.54, 1.807) is 25.1 Å². The number of hydrogen-bond acceptors (Lipinski definition) is 4. The first-order valence-corrected chi connectivity index (χ1v) is 8.31. The van der Waals surface area contributed by atoms with Gasteiger partial charge in [-0.2, -0.15) is 0 Å². The molecular formula is C19H19FN2O4. The number of hydrogen-bond donors (Lipinski definition) is 1. The van der Waals surface area contributed by atoms with Gasteiger partial charge in [0.25, 0.3) is 5.91 Å². The van der Waals surface area contributed by atoms with Gasteiger partial charge >= 0.3 is 0 Å². The first kappa shape index (κ1) is 17.7. The lowest BCUT2D eigenvalue weighted by atomic mass is 10.2. The second kappa shape index (κ2) is 7.86. The monoisotopic (exact) mass is 358 g/mol. The van der Waals surface area contributed by atoms with Gasteiger partial charge in [-0.15, -0.1) is 0 Å². The fraction of sp³-hybridized carbons (Fsp3) is 0.263. The number of likely N-dealkylation sites (N-methyl/N-ethyl adjacent to an activating group) is 1. The Labute approximate surface area is 150 Å². The molecule has 2 aromatic rings. The van der Waals surface area contributed by atoms with Crippen molar-refractivity contribution in [3.8, 4) is 11.5 Å². The first-order chi connectivity index (χ1) is 12.6. The summed E-state index contributed by atoms with van der Waals surface area (Å²) in [5.41, 5.74) is 0.757. The Morgan fingerprint density at radius 1 is 1.12 bits per heavy atom. The number of amides is 2. The van der Waals surface area contributed by atoms with Crippen LogP contribution in [0.25, 0.3) is 0 Å². The lowest BCUT2D eigenvalue weighted by molar-refractivity contribution is -0.116. The summed E-state index contributed by atoms with van der Waals surface area (Å²) in [5.74, 6) is -0.0480. The number of fused-ring (bicyclic) bond motifs is 1. The van der Waals surface area contributed by atoms with Crippen LogP contribution >= 0.6 is 0 Å². The van der Waals surface area contributed by atoms with Crippen LogP contribution in [0, 0.1) is 5.82 Å². The van der Waals surface area contributed by atoms with Gasteiger partial charge in [0.1, 0.15) is 25.6 Å². The number of nitrogens with one attached hydrogen (secondary N) is 1. The molecule has 0 saturated heterocycles. The normalized spacial score (nSPS) is 12.4. The zero-order valence-electron chi connectivity index (χ0n) is 14.3. The number of nitrogens with zero attached hydrogens (tertiary/aromatic N) is 1. The van der Waals surface area contributed by atoms with Gasteiger partial charge in [0.05, 0.1) is 0 Å². The van der Waals surface area contributed by atoms with Crippen LogP contribution in [0.5, 0.6) is 11.5 Å². The van der Waals surface area contributed by atoms with Gasteiger partial charge in [-0.25, -0.2) is 4.39 Å². The predicted octanol–water partition coefficient (Wildman–Crippen LogP) is 2.70. The maximum Gasteiger partial charge on any atom is 0.254 e. The van der Waals surface area contributed by atoms with Crippen LogP contribution in [-0.4, -0.2) is 43.0 Å². The molecule has 6 nitrogen and oxygen atoms in total. The van der Waals surface area contributed by atoms with Gasteiger partial charge in [0.2, 0.25) is 5.91 Å². The fourth-order valence-corrected chi connectivity index (χ4v) is 2.63. The molecular weight excluding hydrogens is 339 g/mol. The molecule has 0 fully saturated rings. The van der Waals surface area contributed by atoms with Crippen molar-refractivity contribution in [1.82, 2.24) is 4.90 Å². The molecule has 7 heteroatoms. The van der Waals surface area contributed by atoms with Crippen molar-refractivity contribution in [3.05, 3.63) is 53.8 Å². The molecule has 3 rings (SSSR count). The predicted molar refractivity (Wildman–Crippen MR) is 94.0 cm³/mol. The maximum absolute atomic E-state index is 13.3. The van der Waals surface area contributed by atoms with E-state index < -0.39 is 11.7 Å². The summed E-state index contributed by atoms with van der Waals surface area (Å²) in [5, 5.41) is 2.73. The number of rotatable bonds is 5. The quantitative estimate of drug-likeness (QED) is 0.892. The Balaban J connectivity index is 1.65. The van der Waals surface area contributed by atoms with Crippen molar-refractivity contribution in [2.45, 2.75) is 6.92 Å². The van der Waals surface area contributed by atoms with Crippen molar-refractivity contribution in [3.63, 3.8) is 0 Å². The molecule has 2 amide bonds. The van der Waals surface area contributed by atoms with E-state index in [9.17, 15) is 14.0 Å². The first-order valence-electron chi connectivity index (χ1n) is 8.31. The van der Waals surface area contributed by atoms with Crippen molar-refractivity contribution in [2.75, 3.05) is 31.6 Å². The Morgan fingerprint density at radius 2 is 1.88 bits per heavy atom. The standard InChI is InChI=1S/C19H19FN2O4/c1-2-22(19(24)13-4-3-5-14(20)10-13)12-18(23)21-15-6-7-16-17(11-15)26-9-8-25-16/h3-7,10-11H,2,8-9,12H2,1H3,(H,21,23). The second-order valence-corrected chi connectivity index (χ2v) is 5.74. The van der Waals surface area contributed by atoms with E-state index in [1.165, 1.54) is 23.1 Å². The second-order valence-electron chi connectivity index (χ2n) is 5.74. The van der Waals surface area contributed by atoms with Crippen molar-refractivity contribution in [1.29, 1.82) is 0 Å². The van der Waals surface area contributed by atoms with E-state index in [4.69, 9.17) is 9.47 Å². The summed E-state index contributed by atoms with van der Waals surface area (Å²) in [6, 6.07) is 10.5. The highest BCUT2D eigenvalue weighted by Crippen LogP contribution is 2.32. The molecule has 136 valence electrons. The lowest BCUT2D eigenvalue weighted by Gasteiger charge is -2.21. The van der Waals surface area contributed by atoms with Gasteiger partial charge in [0.15, 0.2) is 11.5 Å². The van der Waals surface area contributed by atoms with Crippen molar-refractivity contribution < 1.29 is 23.5 Å². The highest BCUT2D eigenvalue weighted by atomic mass is 19.1. The average molecular weight is 358 g/mol. The minimum atomic E-state index is -0.493. The van der Waals surface area contributed by atoms with E-state index in [0.29, 0.717) is 36.9 Å². The summed E-state index contributed by atoms with van der Waals surface area (Å²) in [7, 11) is 0. The number of anilines is 1. The topological polar surface area (TPSA) is 67.9 Å². The minimum absolute atomic E-state index is 0.139. The largest absolute Gasteiger partial charge is 0.486 e. The Bertz CT molecular complexity index is 825. The molecule has 0 radical (unpaired) electrons. The molecule has 1 aliphatic heterocycles. The highest BCUT2D eigenvalue weighted by Gasteiger charge is 2.19. The number of carbonyl (C=O) groups is 2.